The molecule has 0 atom stereocenters. The van der Waals surface area contributed by atoms with Gasteiger partial charge in [0.1, 0.15) is 0 Å². The van der Waals surface area contributed by atoms with Gasteiger partial charge >= 0.3 is 96.7 Å². The van der Waals surface area contributed by atoms with E-state index in [2.05, 4.69) is 22.7 Å². The number of rotatable bonds is 2. The molecule has 1 radical (unpaired) electrons. The maximum absolute atomic E-state index is 5.53. The van der Waals surface area contributed by atoms with Gasteiger partial charge in [-0.25, -0.2) is 0 Å². The molecule has 2 N–H and O–H groups in total. The second-order valence-corrected chi connectivity index (χ2v) is 6.30. The van der Waals surface area contributed by atoms with Crippen LogP contribution >= 0.6 is 0 Å². The van der Waals surface area contributed by atoms with E-state index in [-0.39, 0.29) is 0 Å². The van der Waals surface area contributed by atoms with Gasteiger partial charge in [-0.15, -0.1) is 0 Å². The van der Waals surface area contributed by atoms with Crippen molar-refractivity contribution in [3.05, 3.63) is 9.91 Å². The van der Waals surface area contributed by atoms with Gasteiger partial charge in [0.25, 0.3) is 0 Å². The Hall–Kier alpha value is 0.000130. The third kappa shape index (κ3) is 2.52. The van der Waals surface area contributed by atoms with Gasteiger partial charge in [0.2, 0.25) is 0 Å². The van der Waals surface area contributed by atoms with Gasteiger partial charge < -0.3 is 0 Å². The Morgan fingerprint density at radius 1 is 1.36 bits per heavy atom. The van der Waals surface area contributed by atoms with Crippen molar-refractivity contribution >= 4 is 29.0 Å². The second kappa shape index (κ2) is 5.19. The molecule has 4 nitrogen and oxygen atoms in total. The first-order valence-electron chi connectivity index (χ1n) is 5.15. The van der Waals surface area contributed by atoms with Crippen LogP contribution in [0.15, 0.2) is 12.9 Å². The van der Waals surface area contributed by atoms with Crippen LogP contribution in [0.3, 0.4) is 0 Å². The van der Waals surface area contributed by atoms with E-state index in [0.717, 1.165) is 39.3 Å². The Morgan fingerprint density at radius 2 is 2.14 bits per heavy atom. The first kappa shape index (κ1) is 10.5. The molecule has 75 valence electrons. The summed E-state index contributed by atoms with van der Waals surface area (Å²) in [4.78, 5) is 4.83. The third-order valence-corrected chi connectivity index (χ3v) is 4.90. The van der Waals surface area contributed by atoms with Gasteiger partial charge in [-0.05, 0) is 0 Å². The molecular weight excluding hydrogens is 279 g/mol. The summed E-state index contributed by atoms with van der Waals surface area (Å²) < 4.78 is 6.91. The van der Waals surface area contributed by atoms with Gasteiger partial charge in [-0.2, -0.15) is 0 Å². The SMILES string of the molecule is NCCN1CCN(C2=[N][In][CH]=C2)CC1. The van der Waals surface area contributed by atoms with E-state index in [1.54, 1.807) is 0 Å². The van der Waals surface area contributed by atoms with Crippen molar-refractivity contribution in [2.75, 3.05) is 39.3 Å². The van der Waals surface area contributed by atoms with E-state index in [0.29, 0.717) is 0 Å². The minimum absolute atomic E-state index is 0.644. The zero-order chi connectivity index (χ0) is 9.80. The summed E-state index contributed by atoms with van der Waals surface area (Å²) in [5.41, 5.74) is 5.53. The number of nitrogens with zero attached hydrogens (tertiary/aromatic N) is 3. The van der Waals surface area contributed by atoms with E-state index in [4.69, 9.17) is 5.73 Å². The van der Waals surface area contributed by atoms with Gasteiger partial charge in [-0.1, -0.05) is 0 Å². The van der Waals surface area contributed by atoms with Crippen LogP contribution in [-0.2, 0) is 0 Å². The molecule has 0 unspecified atom stereocenters. The molecule has 14 heavy (non-hydrogen) atoms. The van der Waals surface area contributed by atoms with Crippen molar-refractivity contribution in [1.82, 2.24) is 9.80 Å². The zero-order valence-corrected chi connectivity index (χ0v) is 11.7. The van der Waals surface area contributed by atoms with Crippen molar-refractivity contribution in [2.45, 2.75) is 0 Å². The maximum atomic E-state index is 5.53. The molecule has 0 aromatic heterocycles. The van der Waals surface area contributed by atoms with Crippen LogP contribution in [0.5, 0.6) is 0 Å². The number of hydrogen-bond acceptors (Lipinski definition) is 4. The van der Waals surface area contributed by atoms with E-state index >= 15 is 0 Å². The Kier molecular flexibility index (Phi) is 3.90. The van der Waals surface area contributed by atoms with Crippen LogP contribution in [0, 0.1) is 0 Å². The van der Waals surface area contributed by atoms with E-state index in [1.165, 1.54) is 5.84 Å². The van der Waals surface area contributed by atoms with Crippen LogP contribution in [-0.4, -0.2) is 78.1 Å². The van der Waals surface area contributed by atoms with Crippen LogP contribution in [0.1, 0.15) is 0 Å². The molecule has 5 heteroatoms. The minimum atomic E-state index is -0.644. The molecule has 2 aliphatic heterocycles. The summed E-state index contributed by atoms with van der Waals surface area (Å²) >= 11 is -0.644. The van der Waals surface area contributed by atoms with Gasteiger partial charge in [0.05, 0.1) is 0 Å². The summed E-state index contributed by atoms with van der Waals surface area (Å²) in [6, 6.07) is 0. The van der Waals surface area contributed by atoms with E-state index in [9.17, 15) is 0 Å². The molecule has 0 saturated carbocycles. The quantitative estimate of drug-likeness (QED) is 0.719. The topological polar surface area (TPSA) is 44.9 Å². The Morgan fingerprint density at radius 3 is 2.71 bits per heavy atom. The predicted octanol–water partition coefficient (Wildman–Crippen LogP) is -0.892. The standard InChI is InChI=1S/C9H16N4.In/c1-2-9(11)13-7-5-12(4-3-10)6-8-13;/h1-2H,3-8,10H2;/q-1;+1. The Labute approximate surface area is 96.6 Å². The van der Waals surface area contributed by atoms with Crippen molar-refractivity contribution in [1.29, 1.82) is 0 Å². The fourth-order valence-corrected chi connectivity index (χ4v) is 3.99. The van der Waals surface area contributed by atoms with Crippen molar-refractivity contribution in [3.8, 4) is 0 Å². The molecule has 0 aromatic carbocycles. The molecule has 1 saturated heterocycles. The summed E-state index contributed by atoms with van der Waals surface area (Å²) in [6.45, 7) is 6.32. The summed E-state index contributed by atoms with van der Waals surface area (Å²) in [7, 11) is 0. The van der Waals surface area contributed by atoms with Crippen molar-refractivity contribution < 1.29 is 0 Å². The van der Waals surface area contributed by atoms with E-state index in [1.807, 2.05) is 0 Å². The first-order chi connectivity index (χ1) is 6.90. The fourth-order valence-electron chi connectivity index (χ4n) is 1.86. The Balaban J connectivity index is 1.81. The molecule has 0 aromatic rings. The van der Waals surface area contributed by atoms with Crippen LogP contribution in [0.2, 0.25) is 0 Å². The molecule has 2 rings (SSSR count). The normalized spacial score (nSPS) is 22.4. The number of nitrogens with two attached hydrogens (primary N) is 1. The van der Waals surface area contributed by atoms with Crippen LogP contribution < -0.4 is 5.73 Å². The predicted molar refractivity (Wildman–Crippen MR) is 59.4 cm³/mol. The molecule has 0 aliphatic carbocycles. The zero-order valence-electron chi connectivity index (χ0n) is 8.39. The summed E-state index contributed by atoms with van der Waals surface area (Å²) in [6.07, 6.45) is 2.21. The van der Waals surface area contributed by atoms with Crippen LogP contribution in [0.4, 0.5) is 0 Å². The van der Waals surface area contributed by atoms with Crippen molar-refractivity contribution in [3.63, 3.8) is 0 Å². The molecule has 1 fully saturated rings. The average molecular weight is 295 g/mol. The molecule has 2 heterocycles. The second-order valence-electron chi connectivity index (χ2n) is 3.61. The number of hydrogen-bond donors (Lipinski definition) is 1. The number of amidine groups is 1. The van der Waals surface area contributed by atoms with Crippen LogP contribution in [0.25, 0.3) is 0 Å². The monoisotopic (exact) mass is 295 g/mol. The summed E-state index contributed by atoms with van der Waals surface area (Å²) in [5.74, 6) is 1.25. The molecular formula is C9H16InN4. The van der Waals surface area contributed by atoms with Gasteiger partial charge in [-0.3, -0.25) is 0 Å². The van der Waals surface area contributed by atoms with E-state index < -0.39 is 23.2 Å². The first-order valence-corrected chi connectivity index (χ1v) is 8.53. The van der Waals surface area contributed by atoms with Gasteiger partial charge in [0.15, 0.2) is 0 Å². The Bertz CT molecular complexity index is 243. The average Bonchev–Trinajstić information content (AvgIpc) is 2.72. The molecule has 0 bridgehead atoms. The molecule has 2 aliphatic rings. The molecule has 0 amide bonds. The fraction of sp³-hybridized carbons (Fsp3) is 0.667. The van der Waals surface area contributed by atoms with Crippen molar-refractivity contribution in [2.24, 2.45) is 8.71 Å². The number of piperazine rings is 1. The molecule has 0 spiro atoms. The van der Waals surface area contributed by atoms with Gasteiger partial charge in [0, 0.05) is 0 Å². The third-order valence-electron chi connectivity index (χ3n) is 2.68. The summed E-state index contributed by atoms with van der Waals surface area (Å²) in [5, 5.41) is 0.